The van der Waals surface area contributed by atoms with Crippen LogP contribution < -0.4 is 0 Å². The number of nitriles is 1. The summed E-state index contributed by atoms with van der Waals surface area (Å²) in [6.07, 6.45) is 25.5. The molecule has 0 spiro atoms. The fraction of sp³-hybridized carbons (Fsp3) is 0.935. The zero-order valence-electron chi connectivity index (χ0n) is 22.5. The molecule has 3 saturated carbocycles. The third kappa shape index (κ3) is 8.27. The van der Waals surface area contributed by atoms with E-state index in [1.54, 1.807) is 0 Å². The van der Waals surface area contributed by atoms with Gasteiger partial charge in [0.1, 0.15) is 6.10 Å². The summed E-state index contributed by atoms with van der Waals surface area (Å²) in [5, 5.41) is 9.92. The molecule has 194 valence electrons. The lowest BCUT2D eigenvalue weighted by atomic mass is 9.64. The van der Waals surface area contributed by atoms with Gasteiger partial charge in [0.25, 0.3) is 0 Å². The minimum Gasteiger partial charge on any atom is -0.462 e. The molecule has 3 fully saturated rings. The predicted molar refractivity (Wildman–Crippen MR) is 140 cm³/mol. The van der Waals surface area contributed by atoms with E-state index in [2.05, 4.69) is 19.9 Å². The first-order valence-electron chi connectivity index (χ1n) is 15.2. The summed E-state index contributed by atoms with van der Waals surface area (Å²) in [5.74, 6) is 2.68. The molecule has 0 aromatic rings. The number of rotatable bonds is 12. The zero-order valence-corrected chi connectivity index (χ0v) is 22.5. The quantitative estimate of drug-likeness (QED) is 0.210. The molecule has 0 radical (unpaired) electrons. The molecule has 0 N–H and O–H groups in total. The second-order valence-corrected chi connectivity index (χ2v) is 12.2. The van der Waals surface area contributed by atoms with E-state index in [0.717, 1.165) is 62.7 Å². The van der Waals surface area contributed by atoms with Crippen molar-refractivity contribution in [2.75, 3.05) is 0 Å². The van der Waals surface area contributed by atoms with Gasteiger partial charge in [-0.1, -0.05) is 65.2 Å². The van der Waals surface area contributed by atoms with E-state index in [9.17, 15) is 10.1 Å². The van der Waals surface area contributed by atoms with Gasteiger partial charge < -0.3 is 4.74 Å². The Bertz CT molecular complexity index is 614. The van der Waals surface area contributed by atoms with E-state index in [4.69, 9.17) is 4.74 Å². The largest absolute Gasteiger partial charge is 0.462 e. The van der Waals surface area contributed by atoms with Crippen LogP contribution in [0.3, 0.4) is 0 Å². The van der Waals surface area contributed by atoms with Gasteiger partial charge in [-0.15, -0.1) is 0 Å². The number of hydrogen-bond acceptors (Lipinski definition) is 3. The van der Waals surface area contributed by atoms with Gasteiger partial charge in [0, 0.05) is 0 Å². The first-order chi connectivity index (χ1) is 16.6. The highest BCUT2D eigenvalue weighted by molar-refractivity contribution is 5.72. The molecule has 0 saturated heterocycles. The first-order valence-corrected chi connectivity index (χ1v) is 15.2. The standard InChI is InChI=1S/C31H53NO2/c1-3-5-7-8-9-21-31(24-32)22-19-27(20-23-31)26-15-17-29(18-16-26)34-30(33)28-13-11-25(12-14-28)10-6-4-2/h25-29H,3-23H2,1-2H3/t25-,26?,27?,28-,29?,31?. The molecular weight excluding hydrogens is 418 g/mol. The highest BCUT2D eigenvalue weighted by atomic mass is 16.5. The third-order valence-electron chi connectivity index (χ3n) is 9.80. The molecule has 0 heterocycles. The van der Waals surface area contributed by atoms with Crippen LogP contribution in [0, 0.1) is 40.4 Å². The maximum absolute atomic E-state index is 12.8. The fourth-order valence-electron chi connectivity index (χ4n) is 7.27. The first kappa shape index (κ1) is 27.5. The van der Waals surface area contributed by atoms with E-state index in [1.807, 2.05) is 0 Å². The number of carbonyl (C=O) groups excluding carboxylic acids is 1. The second kappa shape index (κ2) is 14.5. The van der Waals surface area contributed by atoms with Gasteiger partial charge in [0.2, 0.25) is 0 Å². The van der Waals surface area contributed by atoms with Crippen molar-refractivity contribution in [1.82, 2.24) is 0 Å². The average Bonchev–Trinajstić information content (AvgIpc) is 2.88. The molecule has 0 aliphatic heterocycles. The van der Waals surface area contributed by atoms with Crippen LogP contribution in [-0.4, -0.2) is 12.1 Å². The van der Waals surface area contributed by atoms with E-state index < -0.39 is 0 Å². The van der Waals surface area contributed by atoms with Gasteiger partial charge >= 0.3 is 5.97 Å². The normalized spacial score (nSPS) is 34.3. The number of hydrogen-bond donors (Lipinski definition) is 0. The topological polar surface area (TPSA) is 50.1 Å². The lowest BCUT2D eigenvalue weighted by Crippen LogP contribution is -2.34. The van der Waals surface area contributed by atoms with Crippen LogP contribution in [0.5, 0.6) is 0 Å². The van der Waals surface area contributed by atoms with Crippen molar-refractivity contribution in [3.63, 3.8) is 0 Å². The van der Waals surface area contributed by atoms with Crippen molar-refractivity contribution in [2.45, 2.75) is 155 Å². The lowest BCUT2D eigenvalue weighted by molar-refractivity contribution is -0.157. The van der Waals surface area contributed by atoms with Gasteiger partial charge in [-0.05, 0) is 101 Å². The number of unbranched alkanes of at least 4 members (excludes halogenated alkanes) is 5. The molecule has 34 heavy (non-hydrogen) atoms. The van der Waals surface area contributed by atoms with Crippen LogP contribution in [0.2, 0.25) is 0 Å². The number of carbonyl (C=O) groups is 1. The van der Waals surface area contributed by atoms with Crippen LogP contribution in [-0.2, 0) is 9.53 Å². The van der Waals surface area contributed by atoms with Crippen molar-refractivity contribution in [3.05, 3.63) is 0 Å². The molecule has 3 nitrogen and oxygen atoms in total. The van der Waals surface area contributed by atoms with Crippen molar-refractivity contribution in [1.29, 1.82) is 5.26 Å². The van der Waals surface area contributed by atoms with Gasteiger partial charge in [0.15, 0.2) is 0 Å². The molecule has 3 aliphatic carbocycles. The summed E-state index contributed by atoms with van der Waals surface area (Å²) < 4.78 is 6.02. The summed E-state index contributed by atoms with van der Waals surface area (Å²) in [6.45, 7) is 4.53. The van der Waals surface area contributed by atoms with E-state index >= 15 is 0 Å². The van der Waals surface area contributed by atoms with Gasteiger partial charge in [-0.3, -0.25) is 4.79 Å². The van der Waals surface area contributed by atoms with Crippen molar-refractivity contribution in [3.8, 4) is 6.07 Å². The van der Waals surface area contributed by atoms with Crippen LogP contribution in [0.1, 0.15) is 149 Å². The summed E-state index contributed by atoms with van der Waals surface area (Å²) in [4.78, 5) is 12.8. The molecule has 0 amide bonds. The average molecular weight is 472 g/mol. The Morgan fingerprint density at radius 1 is 0.794 bits per heavy atom. The van der Waals surface area contributed by atoms with Gasteiger partial charge in [-0.25, -0.2) is 0 Å². The molecule has 0 bridgehead atoms. The monoisotopic (exact) mass is 471 g/mol. The highest BCUT2D eigenvalue weighted by Gasteiger charge is 2.39. The van der Waals surface area contributed by atoms with Crippen molar-refractivity contribution in [2.24, 2.45) is 29.1 Å². The maximum atomic E-state index is 12.8. The molecule has 3 heteroatoms. The van der Waals surface area contributed by atoms with E-state index in [1.165, 1.54) is 89.9 Å². The zero-order chi connectivity index (χ0) is 24.2. The number of esters is 1. The van der Waals surface area contributed by atoms with Crippen LogP contribution in [0.4, 0.5) is 0 Å². The predicted octanol–water partition coefficient (Wildman–Crippen LogP) is 9.15. The van der Waals surface area contributed by atoms with Gasteiger partial charge in [-0.2, -0.15) is 5.26 Å². The van der Waals surface area contributed by atoms with Crippen molar-refractivity contribution >= 4 is 5.97 Å². The third-order valence-corrected chi connectivity index (χ3v) is 9.80. The maximum Gasteiger partial charge on any atom is 0.309 e. The van der Waals surface area contributed by atoms with E-state index in [-0.39, 0.29) is 23.4 Å². The smallest absolute Gasteiger partial charge is 0.309 e. The van der Waals surface area contributed by atoms with Crippen LogP contribution in [0.25, 0.3) is 0 Å². The summed E-state index contributed by atoms with van der Waals surface area (Å²) in [7, 11) is 0. The Hall–Kier alpha value is -1.04. The molecule has 3 rings (SSSR count). The molecular formula is C31H53NO2. The SMILES string of the molecule is CCCCCCCC1(C#N)CCC(C2CCC(OC(=O)[C@H]3CC[C@H](CCCC)CC3)CC2)CC1. The van der Waals surface area contributed by atoms with Gasteiger partial charge in [0.05, 0.1) is 17.4 Å². The molecule has 0 aromatic heterocycles. The number of nitrogens with zero attached hydrogens (tertiary/aromatic N) is 1. The number of ether oxygens (including phenoxy) is 1. The molecule has 0 unspecified atom stereocenters. The second-order valence-electron chi connectivity index (χ2n) is 12.2. The van der Waals surface area contributed by atoms with E-state index in [0.29, 0.717) is 0 Å². The Kier molecular flexibility index (Phi) is 11.7. The summed E-state index contributed by atoms with van der Waals surface area (Å²) in [6, 6.07) is 2.75. The Labute approximate surface area is 210 Å². The van der Waals surface area contributed by atoms with Crippen molar-refractivity contribution < 1.29 is 9.53 Å². The van der Waals surface area contributed by atoms with Crippen LogP contribution >= 0.6 is 0 Å². The Morgan fingerprint density at radius 3 is 2.03 bits per heavy atom. The molecule has 3 aliphatic rings. The molecule has 0 aromatic carbocycles. The molecule has 0 atom stereocenters. The lowest BCUT2D eigenvalue weighted by Gasteiger charge is -2.40. The Morgan fingerprint density at radius 2 is 1.41 bits per heavy atom. The fourth-order valence-corrected chi connectivity index (χ4v) is 7.27. The highest BCUT2D eigenvalue weighted by Crippen LogP contribution is 2.47. The van der Waals surface area contributed by atoms with Crippen LogP contribution in [0.15, 0.2) is 0 Å². The minimum absolute atomic E-state index is 0.0367. The Balaban J connectivity index is 1.32. The summed E-state index contributed by atoms with van der Waals surface area (Å²) >= 11 is 0. The summed E-state index contributed by atoms with van der Waals surface area (Å²) in [5.41, 5.74) is -0.0367. The minimum atomic E-state index is -0.0367.